The summed E-state index contributed by atoms with van der Waals surface area (Å²) >= 11 is 9.02. The second kappa shape index (κ2) is 7.28. The predicted molar refractivity (Wildman–Crippen MR) is 86.5 cm³/mol. The Morgan fingerprint density at radius 2 is 2.19 bits per heavy atom. The van der Waals surface area contributed by atoms with E-state index in [-0.39, 0.29) is 18.9 Å². The molecule has 0 saturated heterocycles. The largest absolute Gasteiger partial charge is 0.491 e. The first-order valence-corrected chi connectivity index (χ1v) is 7.31. The van der Waals surface area contributed by atoms with E-state index in [4.69, 9.17) is 22.1 Å². The van der Waals surface area contributed by atoms with Crippen LogP contribution in [-0.4, -0.2) is 17.5 Å². The average molecular weight is 371 g/mol. The lowest BCUT2D eigenvalue weighted by Gasteiger charge is -2.09. The molecule has 0 saturated carbocycles. The van der Waals surface area contributed by atoms with Crippen molar-refractivity contribution in [2.45, 2.75) is 6.42 Å². The molecule has 1 heterocycles. The summed E-state index contributed by atoms with van der Waals surface area (Å²) in [7, 11) is 0. The van der Waals surface area contributed by atoms with Gasteiger partial charge in [0, 0.05) is 0 Å². The molecule has 2 rings (SSSR count). The molecule has 0 bridgehead atoms. The van der Waals surface area contributed by atoms with Gasteiger partial charge < -0.3 is 15.8 Å². The Morgan fingerprint density at radius 3 is 2.90 bits per heavy atom. The third-order valence-electron chi connectivity index (χ3n) is 2.59. The second-order valence-corrected chi connectivity index (χ2v) is 5.39. The Labute approximate surface area is 135 Å². The van der Waals surface area contributed by atoms with Crippen LogP contribution < -0.4 is 15.8 Å². The molecule has 0 aliphatic heterocycles. The van der Waals surface area contributed by atoms with Crippen molar-refractivity contribution < 1.29 is 9.53 Å². The second-order valence-electron chi connectivity index (χ2n) is 4.18. The van der Waals surface area contributed by atoms with Crippen LogP contribution in [0.2, 0.25) is 5.15 Å². The number of nitrogens with zero attached hydrogens (tertiary/aromatic N) is 1. The van der Waals surface area contributed by atoms with E-state index in [1.54, 1.807) is 18.2 Å². The topological polar surface area (TPSA) is 77.2 Å². The molecule has 0 unspecified atom stereocenters. The molecule has 0 radical (unpaired) electrons. The highest BCUT2D eigenvalue weighted by Crippen LogP contribution is 2.23. The van der Waals surface area contributed by atoms with Gasteiger partial charge in [-0.05, 0) is 34.1 Å². The molecular weight excluding hydrogens is 358 g/mol. The fourth-order valence-electron chi connectivity index (χ4n) is 1.58. The highest BCUT2D eigenvalue weighted by Gasteiger charge is 2.06. The molecule has 0 aliphatic carbocycles. The van der Waals surface area contributed by atoms with E-state index in [9.17, 15) is 4.79 Å². The van der Waals surface area contributed by atoms with Gasteiger partial charge in [0.05, 0.1) is 35.1 Å². The lowest BCUT2D eigenvalue weighted by Crippen LogP contribution is -2.15. The van der Waals surface area contributed by atoms with E-state index in [2.05, 4.69) is 26.2 Å². The third-order valence-corrected chi connectivity index (χ3v) is 3.72. The van der Waals surface area contributed by atoms with E-state index >= 15 is 0 Å². The quantitative estimate of drug-likeness (QED) is 0.624. The van der Waals surface area contributed by atoms with E-state index in [0.29, 0.717) is 26.8 Å². The minimum absolute atomic E-state index is 0.180. The fourth-order valence-corrected chi connectivity index (χ4v) is 2.03. The molecule has 1 amide bonds. The number of hydrogen-bond acceptors (Lipinski definition) is 4. The standard InChI is InChI=1S/C14H13BrClN3O2/c15-10-7-9(8-18-14(10)16)19-13(20)5-6-21-12-4-2-1-3-11(12)17/h1-4,7-8H,5-6,17H2,(H,19,20). The molecule has 0 fully saturated rings. The van der Waals surface area contributed by atoms with Gasteiger partial charge in [0.25, 0.3) is 0 Å². The van der Waals surface area contributed by atoms with Crippen molar-refractivity contribution in [3.05, 3.63) is 46.2 Å². The van der Waals surface area contributed by atoms with Gasteiger partial charge >= 0.3 is 0 Å². The Morgan fingerprint density at radius 1 is 1.43 bits per heavy atom. The Hall–Kier alpha value is -1.79. The number of benzene rings is 1. The zero-order chi connectivity index (χ0) is 15.2. The van der Waals surface area contributed by atoms with Crippen molar-refractivity contribution in [1.29, 1.82) is 0 Å². The van der Waals surface area contributed by atoms with Crippen LogP contribution >= 0.6 is 27.5 Å². The summed E-state index contributed by atoms with van der Waals surface area (Å²) in [5.41, 5.74) is 6.85. The summed E-state index contributed by atoms with van der Waals surface area (Å²) in [5.74, 6) is 0.390. The van der Waals surface area contributed by atoms with Gasteiger partial charge in [0.15, 0.2) is 0 Å². The van der Waals surface area contributed by atoms with Crippen LogP contribution in [0.4, 0.5) is 11.4 Å². The van der Waals surface area contributed by atoms with E-state index < -0.39 is 0 Å². The summed E-state index contributed by atoms with van der Waals surface area (Å²) < 4.78 is 6.08. The maximum atomic E-state index is 11.8. The first-order valence-electron chi connectivity index (χ1n) is 6.14. The van der Waals surface area contributed by atoms with Crippen molar-refractivity contribution in [2.75, 3.05) is 17.7 Å². The Balaban J connectivity index is 1.82. The van der Waals surface area contributed by atoms with Crippen molar-refractivity contribution >= 4 is 44.8 Å². The van der Waals surface area contributed by atoms with Crippen LogP contribution in [0.1, 0.15) is 6.42 Å². The molecule has 5 nitrogen and oxygen atoms in total. The molecule has 110 valence electrons. The number of nitrogens with two attached hydrogens (primary N) is 1. The maximum absolute atomic E-state index is 11.8. The number of halogens is 2. The highest BCUT2D eigenvalue weighted by atomic mass is 79.9. The summed E-state index contributed by atoms with van der Waals surface area (Å²) in [4.78, 5) is 15.7. The number of aromatic nitrogens is 1. The number of nitrogens with one attached hydrogen (secondary N) is 1. The van der Waals surface area contributed by atoms with Crippen LogP contribution in [0.25, 0.3) is 0 Å². The van der Waals surface area contributed by atoms with Crippen LogP contribution in [0, 0.1) is 0 Å². The number of carbonyl (C=O) groups is 1. The van der Waals surface area contributed by atoms with Gasteiger partial charge in [-0.15, -0.1) is 0 Å². The summed E-state index contributed by atoms with van der Waals surface area (Å²) in [5, 5.41) is 3.05. The minimum atomic E-state index is -0.180. The first kappa shape index (κ1) is 15.6. The van der Waals surface area contributed by atoms with Crippen LogP contribution in [0.15, 0.2) is 41.0 Å². The van der Waals surface area contributed by atoms with E-state index in [0.717, 1.165) is 0 Å². The number of pyridine rings is 1. The van der Waals surface area contributed by atoms with Gasteiger partial charge in [0.1, 0.15) is 10.9 Å². The molecule has 2 aromatic rings. The van der Waals surface area contributed by atoms with Gasteiger partial charge in [-0.25, -0.2) is 4.98 Å². The Kier molecular flexibility index (Phi) is 5.41. The van der Waals surface area contributed by atoms with Crippen molar-refractivity contribution in [3.8, 4) is 5.75 Å². The molecule has 1 aromatic carbocycles. The van der Waals surface area contributed by atoms with Gasteiger partial charge in [-0.1, -0.05) is 23.7 Å². The number of para-hydroxylation sites is 2. The van der Waals surface area contributed by atoms with E-state index in [1.165, 1.54) is 6.20 Å². The predicted octanol–water partition coefficient (Wildman–Crippen LogP) is 3.49. The van der Waals surface area contributed by atoms with Gasteiger partial charge in [-0.3, -0.25) is 4.79 Å². The maximum Gasteiger partial charge on any atom is 0.227 e. The van der Waals surface area contributed by atoms with Crippen LogP contribution in [0.5, 0.6) is 5.75 Å². The molecule has 0 spiro atoms. The zero-order valence-corrected chi connectivity index (χ0v) is 13.3. The number of ether oxygens (including phenoxy) is 1. The fraction of sp³-hybridized carbons (Fsp3) is 0.143. The van der Waals surface area contributed by atoms with Gasteiger partial charge in [0.2, 0.25) is 5.91 Å². The normalized spacial score (nSPS) is 10.2. The lowest BCUT2D eigenvalue weighted by molar-refractivity contribution is -0.116. The SMILES string of the molecule is Nc1ccccc1OCCC(=O)Nc1cnc(Cl)c(Br)c1. The van der Waals surface area contributed by atoms with Gasteiger partial charge in [-0.2, -0.15) is 0 Å². The number of anilines is 2. The van der Waals surface area contributed by atoms with E-state index in [1.807, 2.05) is 12.1 Å². The average Bonchev–Trinajstić information content (AvgIpc) is 2.45. The lowest BCUT2D eigenvalue weighted by atomic mass is 10.3. The minimum Gasteiger partial charge on any atom is -0.491 e. The van der Waals surface area contributed by atoms with Crippen LogP contribution in [-0.2, 0) is 4.79 Å². The number of hydrogen-bond donors (Lipinski definition) is 2. The molecule has 0 atom stereocenters. The number of carbonyl (C=O) groups excluding carboxylic acids is 1. The summed E-state index contributed by atoms with van der Waals surface area (Å²) in [6, 6.07) is 8.83. The first-order chi connectivity index (χ1) is 10.1. The monoisotopic (exact) mass is 369 g/mol. The molecule has 1 aromatic heterocycles. The summed E-state index contributed by atoms with van der Waals surface area (Å²) in [6.07, 6.45) is 1.69. The molecule has 3 N–H and O–H groups in total. The number of rotatable bonds is 5. The zero-order valence-electron chi connectivity index (χ0n) is 11.0. The van der Waals surface area contributed by atoms with Crippen molar-refractivity contribution in [1.82, 2.24) is 4.98 Å². The molecule has 0 aliphatic rings. The van der Waals surface area contributed by atoms with Crippen molar-refractivity contribution in [3.63, 3.8) is 0 Å². The smallest absolute Gasteiger partial charge is 0.227 e. The third kappa shape index (κ3) is 4.61. The van der Waals surface area contributed by atoms with Crippen LogP contribution in [0.3, 0.4) is 0 Å². The van der Waals surface area contributed by atoms with Crippen molar-refractivity contribution in [2.24, 2.45) is 0 Å². The highest BCUT2D eigenvalue weighted by molar-refractivity contribution is 9.10. The molecule has 7 heteroatoms. The summed E-state index contributed by atoms with van der Waals surface area (Å²) in [6.45, 7) is 0.238. The molecular formula is C14H13BrClN3O2. The number of amides is 1. The Bertz CT molecular complexity index is 652. The number of nitrogen functional groups attached to an aromatic ring is 1. The molecule has 21 heavy (non-hydrogen) atoms.